The Labute approximate surface area is 150 Å². The molecule has 0 spiro atoms. The third-order valence-corrected chi connectivity index (χ3v) is 4.92. The molecule has 2 heterocycles. The molecule has 1 amide bonds. The molecule has 0 atom stereocenters. The molecule has 0 aliphatic heterocycles. The lowest BCUT2D eigenvalue weighted by atomic mass is 10.0. The summed E-state index contributed by atoms with van der Waals surface area (Å²) in [5.41, 5.74) is 10.3. The van der Waals surface area contributed by atoms with E-state index in [-0.39, 0.29) is 5.91 Å². The molecule has 3 aromatic rings. The van der Waals surface area contributed by atoms with Crippen molar-refractivity contribution in [3.63, 3.8) is 0 Å². The molecule has 1 aliphatic carbocycles. The molecule has 1 saturated carbocycles. The van der Waals surface area contributed by atoms with Gasteiger partial charge in [0.15, 0.2) is 0 Å². The average Bonchev–Trinajstić information content (AvgIpc) is 3.36. The summed E-state index contributed by atoms with van der Waals surface area (Å²) >= 11 is 6.36. The van der Waals surface area contributed by atoms with Crippen molar-refractivity contribution >= 4 is 28.5 Å². The highest BCUT2D eigenvalue weighted by atomic mass is 35.5. The van der Waals surface area contributed by atoms with E-state index < -0.39 is 0 Å². The molecule has 0 radical (unpaired) electrons. The van der Waals surface area contributed by atoms with Gasteiger partial charge in [0.05, 0.1) is 17.4 Å². The molecule has 128 valence electrons. The van der Waals surface area contributed by atoms with E-state index in [0.717, 1.165) is 22.3 Å². The number of fused-ring (bicyclic) bond motifs is 1. The number of halogens is 1. The second-order valence-corrected chi connectivity index (χ2v) is 6.93. The Morgan fingerprint density at radius 1 is 1.32 bits per heavy atom. The van der Waals surface area contributed by atoms with Crippen LogP contribution in [-0.4, -0.2) is 20.7 Å². The van der Waals surface area contributed by atoms with Crippen LogP contribution in [0.3, 0.4) is 0 Å². The molecular formula is C19H19ClN4O. The Morgan fingerprint density at radius 3 is 2.84 bits per heavy atom. The highest BCUT2D eigenvalue weighted by molar-refractivity contribution is 6.33. The molecule has 0 unspecified atom stereocenters. The van der Waals surface area contributed by atoms with Gasteiger partial charge < -0.3 is 5.73 Å². The molecule has 25 heavy (non-hydrogen) atoms. The maximum Gasteiger partial charge on any atom is 0.217 e. The van der Waals surface area contributed by atoms with E-state index in [1.807, 2.05) is 28.9 Å². The standard InChI is InChI=1S/C19H19ClN4O/c20-15-5-2-1-4-13(15)16-10-14(12-7-8-12)19-17(23-16)11-22-24(19)9-3-6-18(21)25/h1-2,4-5,10-12H,3,6-9H2,(H2,21,25). The van der Waals surface area contributed by atoms with Gasteiger partial charge in [-0.05, 0) is 42.9 Å². The Hall–Kier alpha value is -2.40. The molecule has 0 saturated heterocycles. The molecule has 1 aromatic carbocycles. The van der Waals surface area contributed by atoms with Crippen LogP contribution < -0.4 is 5.73 Å². The summed E-state index contributed by atoms with van der Waals surface area (Å²) in [6.07, 6.45) is 5.22. The van der Waals surface area contributed by atoms with E-state index in [4.69, 9.17) is 22.3 Å². The van der Waals surface area contributed by atoms with Crippen LogP contribution in [-0.2, 0) is 11.3 Å². The van der Waals surface area contributed by atoms with Crippen molar-refractivity contribution in [3.8, 4) is 11.3 Å². The number of rotatable bonds is 6. The maximum atomic E-state index is 11.0. The van der Waals surface area contributed by atoms with Crippen molar-refractivity contribution in [3.05, 3.63) is 47.1 Å². The minimum atomic E-state index is -0.280. The predicted molar refractivity (Wildman–Crippen MR) is 98.4 cm³/mol. The minimum Gasteiger partial charge on any atom is -0.370 e. The summed E-state index contributed by atoms with van der Waals surface area (Å²) in [6.45, 7) is 0.666. The number of aryl methyl sites for hydroxylation is 1. The van der Waals surface area contributed by atoms with Crippen LogP contribution in [0.15, 0.2) is 36.5 Å². The number of benzene rings is 1. The van der Waals surface area contributed by atoms with Gasteiger partial charge in [-0.2, -0.15) is 5.10 Å². The lowest BCUT2D eigenvalue weighted by Gasteiger charge is -2.10. The second kappa shape index (κ2) is 6.48. The Kier molecular flexibility index (Phi) is 4.17. The first-order valence-electron chi connectivity index (χ1n) is 8.53. The first-order chi connectivity index (χ1) is 12.1. The number of primary amides is 1. The van der Waals surface area contributed by atoms with Crippen LogP contribution >= 0.6 is 11.6 Å². The molecule has 2 aromatic heterocycles. The van der Waals surface area contributed by atoms with Crippen molar-refractivity contribution in [2.75, 3.05) is 0 Å². The van der Waals surface area contributed by atoms with E-state index in [1.165, 1.54) is 18.4 Å². The SMILES string of the molecule is NC(=O)CCCn1ncc2nc(-c3ccccc3Cl)cc(C3CC3)c21. The van der Waals surface area contributed by atoms with Crippen molar-refractivity contribution in [1.82, 2.24) is 14.8 Å². The summed E-state index contributed by atoms with van der Waals surface area (Å²) in [4.78, 5) is 15.8. The first kappa shape index (κ1) is 16.1. The summed E-state index contributed by atoms with van der Waals surface area (Å²) in [6, 6.07) is 9.91. The quantitative estimate of drug-likeness (QED) is 0.729. The normalized spacial score (nSPS) is 14.1. The number of nitrogens with two attached hydrogens (primary N) is 1. The maximum absolute atomic E-state index is 11.0. The molecular weight excluding hydrogens is 336 g/mol. The van der Waals surface area contributed by atoms with Crippen LogP contribution in [0.2, 0.25) is 5.02 Å². The largest absolute Gasteiger partial charge is 0.370 e. The zero-order chi connectivity index (χ0) is 17.4. The highest BCUT2D eigenvalue weighted by Gasteiger charge is 2.28. The topological polar surface area (TPSA) is 73.8 Å². The van der Waals surface area contributed by atoms with Crippen molar-refractivity contribution in [2.24, 2.45) is 5.73 Å². The number of amides is 1. The molecule has 4 rings (SSSR count). The lowest BCUT2D eigenvalue weighted by Crippen LogP contribution is -2.12. The summed E-state index contributed by atoms with van der Waals surface area (Å²) in [7, 11) is 0. The third-order valence-electron chi connectivity index (χ3n) is 4.59. The van der Waals surface area contributed by atoms with E-state index in [1.54, 1.807) is 6.20 Å². The average molecular weight is 355 g/mol. The fourth-order valence-electron chi connectivity index (χ4n) is 3.22. The van der Waals surface area contributed by atoms with Crippen molar-refractivity contribution in [2.45, 2.75) is 38.1 Å². The van der Waals surface area contributed by atoms with Gasteiger partial charge in [-0.1, -0.05) is 29.8 Å². The van der Waals surface area contributed by atoms with Crippen LogP contribution in [0.5, 0.6) is 0 Å². The smallest absolute Gasteiger partial charge is 0.217 e. The Morgan fingerprint density at radius 2 is 2.12 bits per heavy atom. The fraction of sp³-hybridized carbons (Fsp3) is 0.316. The third kappa shape index (κ3) is 3.24. The number of aromatic nitrogens is 3. The summed E-state index contributed by atoms with van der Waals surface area (Å²) < 4.78 is 1.95. The van der Waals surface area contributed by atoms with Crippen molar-refractivity contribution in [1.29, 1.82) is 0 Å². The zero-order valence-corrected chi connectivity index (χ0v) is 14.5. The van der Waals surface area contributed by atoms with Crippen LogP contribution in [0.1, 0.15) is 37.2 Å². The van der Waals surface area contributed by atoms with Gasteiger partial charge in [-0.15, -0.1) is 0 Å². The number of carbonyl (C=O) groups excluding carboxylic acids is 1. The Bertz CT molecular complexity index is 946. The van der Waals surface area contributed by atoms with Crippen molar-refractivity contribution < 1.29 is 4.79 Å². The molecule has 0 bridgehead atoms. The highest BCUT2D eigenvalue weighted by Crippen LogP contribution is 2.44. The molecule has 1 aliphatic rings. The number of hydrogen-bond donors (Lipinski definition) is 1. The van der Waals surface area contributed by atoms with E-state index in [0.29, 0.717) is 30.3 Å². The molecule has 1 fully saturated rings. The first-order valence-corrected chi connectivity index (χ1v) is 8.91. The van der Waals surface area contributed by atoms with Crippen LogP contribution in [0.4, 0.5) is 0 Å². The van der Waals surface area contributed by atoms with Gasteiger partial charge in [0.1, 0.15) is 5.52 Å². The Balaban J connectivity index is 1.77. The van der Waals surface area contributed by atoms with E-state index in [2.05, 4.69) is 11.2 Å². The summed E-state index contributed by atoms with van der Waals surface area (Å²) in [5, 5.41) is 5.19. The number of hydrogen-bond acceptors (Lipinski definition) is 3. The van der Waals surface area contributed by atoms with Gasteiger partial charge in [0, 0.05) is 23.6 Å². The lowest BCUT2D eigenvalue weighted by molar-refractivity contribution is -0.118. The molecule has 2 N–H and O–H groups in total. The number of nitrogens with zero attached hydrogens (tertiary/aromatic N) is 3. The fourth-order valence-corrected chi connectivity index (χ4v) is 3.45. The zero-order valence-electron chi connectivity index (χ0n) is 13.8. The van der Waals surface area contributed by atoms with Gasteiger partial charge in [0.2, 0.25) is 5.91 Å². The van der Waals surface area contributed by atoms with Gasteiger partial charge in [-0.25, -0.2) is 4.98 Å². The molecule has 5 nitrogen and oxygen atoms in total. The van der Waals surface area contributed by atoms with E-state index in [9.17, 15) is 4.79 Å². The minimum absolute atomic E-state index is 0.280. The number of pyridine rings is 1. The van der Waals surface area contributed by atoms with Crippen LogP contribution in [0, 0.1) is 0 Å². The summed E-state index contributed by atoms with van der Waals surface area (Å²) in [5.74, 6) is 0.274. The number of carbonyl (C=O) groups is 1. The van der Waals surface area contributed by atoms with Gasteiger partial charge >= 0.3 is 0 Å². The monoisotopic (exact) mass is 354 g/mol. The predicted octanol–water partition coefficient (Wildman–Crippen LogP) is 3.89. The van der Waals surface area contributed by atoms with Gasteiger partial charge in [0.25, 0.3) is 0 Å². The van der Waals surface area contributed by atoms with Crippen LogP contribution in [0.25, 0.3) is 22.3 Å². The van der Waals surface area contributed by atoms with E-state index >= 15 is 0 Å². The second-order valence-electron chi connectivity index (χ2n) is 6.52. The molecule has 6 heteroatoms. The van der Waals surface area contributed by atoms with Gasteiger partial charge in [-0.3, -0.25) is 9.48 Å².